The van der Waals surface area contributed by atoms with Crippen molar-refractivity contribution in [3.63, 3.8) is 0 Å². The molecule has 1 aliphatic rings. The summed E-state index contributed by atoms with van der Waals surface area (Å²) in [4.78, 5) is 31.5. The molecule has 0 spiro atoms. The molecular weight excluding hydrogens is 484 g/mol. The lowest BCUT2D eigenvalue weighted by atomic mass is 10.1. The minimum Gasteiger partial charge on any atom is -0.496 e. The van der Waals surface area contributed by atoms with Crippen LogP contribution in [0, 0.1) is 0 Å². The summed E-state index contributed by atoms with van der Waals surface area (Å²) in [6.45, 7) is 2.34. The molecule has 1 saturated heterocycles. The van der Waals surface area contributed by atoms with Crippen LogP contribution in [0.3, 0.4) is 0 Å². The van der Waals surface area contributed by atoms with E-state index in [4.69, 9.17) is 14.2 Å². The van der Waals surface area contributed by atoms with Crippen molar-refractivity contribution in [2.75, 3.05) is 27.9 Å². The van der Waals surface area contributed by atoms with Gasteiger partial charge in [0.1, 0.15) is 11.5 Å². The van der Waals surface area contributed by atoms with E-state index in [1.165, 1.54) is 18.9 Å². The Bertz CT molecular complexity index is 1080. The third kappa shape index (κ3) is 4.94. The number of aliphatic imine (C=N–C) groups is 1. The Balaban J connectivity index is 1.98. The van der Waals surface area contributed by atoms with Gasteiger partial charge in [0, 0.05) is 18.2 Å². The van der Waals surface area contributed by atoms with E-state index in [-0.39, 0.29) is 5.91 Å². The normalized spacial score (nSPS) is 16.2. The van der Waals surface area contributed by atoms with Gasteiger partial charge in [0.15, 0.2) is 5.17 Å². The number of amidine groups is 1. The summed E-state index contributed by atoms with van der Waals surface area (Å²) in [6, 6.07) is 10.4. The molecule has 3 rings (SSSR count). The average Bonchev–Trinajstić information content (AvgIpc) is 3.07. The van der Waals surface area contributed by atoms with Crippen molar-refractivity contribution >= 4 is 56.5 Å². The van der Waals surface area contributed by atoms with Gasteiger partial charge in [-0.25, -0.2) is 9.79 Å². The van der Waals surface area contributed by atoms with Crippen LogP contribution in [0.1, 0.15) is 22.8 Å². The number of methoxy groups -OCH3 is 3. The second kappa shape index (κ2) is 10.0. The van der Waals surface area contributed by atoms with E-state index in [0.717, 1.165) is 10.0 Å². The van der Waals surface area contributed by atoms with E-state index >= 15 is 0 Å². The number of hydrogen-bond acceptors (Lipinski definition) is 7. The topological polar surface area (TPSA) is 77.4 Å². The molecule has 0 aliphatic carbocycles. The maximum Gasteiger partial charge on any atom is 0.337 e. The lowest BCUT2D eigenvalue weighted by Crippen LogP contribution is -2.28. The minimum atomic E-state index is -0.442. The number of halogens is 1. The van der Waals surface area contributed by atoms with Gasteiger partial charge < -0.3 is 14.2 Å². The van der Waals surface area contributed by atoms with Gasteiger partial charge in [-0.1, -0.05) is 6.07 Å². The molecule has 31 heavy (non-hydrogen) atoms. The summed E-state index contributed by atoms with van der Waals surface area (Å²) in [6.07, 6.45) is 1.77. The first-order chi connectivity index (χ1) is 14.9. The summed E-state index contributed by atoms with van der Waals surface area (Å²) in [7, 11) is 4.47. The monoisotopic (exact) mass is 504 g/mol. The number of carbonyl (C=O) groups is 2. The van der Waals surface area contributed by atoms with E-state index in [0.29, 0.717) is 39.4 Å². The molecule has 2 aromatic carbocycles. The molecule has 7 nitrogen and oxygen atoms in total. The van der Waals surface area contributed by atoms with Crippen molar-refractivity contribution in [3.8, 4) is 11.5 Å². The first-order valence-electron chi connectivity index (χ1n) is 9.31. The van der Waals surface area contributed by atoms with Crippen LogP contribution in [0.25, 0.3) is 6.08 Å². The average molecular weight is 505 g/mol. The highest BCUT2D eigenvalue weighted by molar-refractivity contribution is 9.10. The number of nitrogens with zero attached hydrogens (tertiary/aromatic N) is 2. The SMILES string of the molecule is CCN1C(=O)C(=Cc2cc(Br)c(OC)cc2OC)SC1=Nc1cccc(C(=O)OC)c1. The van der Waals surface area contributed by atoms with Crippen molar-refractivity contribution in [3.05, 3.63) is 56.9 Å². The van der Waals surface area contributed by atoms with Crippen LogP contribution in [0.15, 0.2) is 50.8 Å². The Hall–Kier alpha value is -2.78. The summed E-state index contributed by atoms with van der Waals surface area (Å²) >= 11 is 4.73. The van der Waals surface area contributed by atoms with Crippen LogP contribution in [0.2, 0.25) is 0 Å². The molecule has 1 fully saturated rings. The van der Waals surface area contributed by atoms with Gasteiger partial charge in [0.25, 0.3) is 5.91 Å². The molecule has 0 bridgehead atoms. The van der Waals surface area contributed by atoms with Crippen molar-refractivity contribution in [2.45, 2.75) is 6.92 Å². The maximum atomic E-state index is 13.0. The highest BCUT2D eigenvalue weighted by Gasteiger charge is 2.32. The molecule has 9 heteroatoms. The Labute approximate surface area is 193 Å². The Kier molecular flexibility index (Phi) is 7.40. The Morgan fingerprint density at radius 2 is 1.90 bits per heavy atom. The molecule has 0 unspecified atom stereocenters. The molecule has 1 amide bonds. The molecule has 162 valence electrons. The summed E-state index contributed by atoms with van der Waals surface area (Å²) in [5.41, 5.74) is 1.68. The fourth-order valence-electron chi connectivity index (χ4n) is 2.94. The standard InChI is InChI=1S/C22H21BrN2O5S/c1-5-25-20(26)19(11-14-10-16(23)18(29-3)12-17(14)28-2)31-22(25)24-15-8-6-7-13(9-15)21(27)30-4/h6-12H,5H2,1-4H3. The quantitative estimate of drug-likeness (QED) is 0.412. The number of carbonyl (C=O) groups excluding carboxylic acids is 2. The number of likely N-dealkylation sites (N-methyl/N-ethyl adjacent to an activating group) is 1. The van der Waals surface area contributed by atoms with E-state index < -0.39 is 5.97 Å². The van der Waals surface area contributed by atoms with Gasteiger partial charge in [-0.05, 0) is 65.0 Å². The van der Waals surface area contributed by atoms with Crippen molar-refractivity contribution in [1.82, 2.24) is 4.90 Å². The fourth-order valence-corrected chi connectivity index (χ4v) is 4.51. The minimum absolute atomic E-state index is 0.149. The van der Waals surface area contributed by atoms with Gasteiger partial charge >= 0.3 is 5.97 Å². The van der Waals surface area contributed by atoms with Gasteiger partial charge in [0.05, 0.1) is 42.0 Å². The van der Waals surface area contributed by atoms with Gasteiger partial charge in [0.2, 0.25) is 0 Å². The van der Waals surface area contributed by atoms with Crippen molar-refractivity contribution in [2.24, 2.45) is 4.99 Å². The fraction of sp³-hybridized carbons (Fsp3) is 0.227. The van der Waals surface area contributed by atoms with E-state index in [2.05, 4.69) is 20.9 Å². The molecule has 2 aromatic rings. The van der Waals surface area contributed by atoms with E-state index in [1.807, 2.05) is 13.0 Å². The van der Waals surface area contributed by atoms with Crippen LogP contribution in [-0.4, -0.2) is 49.8 Å². The number of benzene rings is 2. The Morgan fingerprint density at radius 1 is 1.16 bits per heavy atom. The zero-order valence-corrected chi connectivity index (χ0v) is 19.9. The molecule has 0 atom stereocenters. The zero-order valence-electron chi connectivity index (χ0n) is 17.5. The van der Waals surface area contributed by atoms with E-state index in [1.54, 1.807) is 55.5 Å². The Morgan fingerprint density at radius 3 is 2.55 bits per heavy atom. The second-order valence-electron chi connectivity index (χ2n) is 6.33. The smallest absolute Gasteiger partial charge is 0.337 e. The highest BCUT2D eigenvalue weighted by Crippen LogP contribution is 2.38. The molecule has 1 heterocycles. The van der Waals surface area contributed by atoms with Gasteiger partial charge in [-0.3, -0.25) is 9.69 Å². The first-order valence-corrected chi connectivity index (χ1v) is 10.9. The molecule has 0 aromatic heterocycles. The number of esters is 1. The maximum absolute atomic E-state index is 13.0. The van der Waals surface area contributed by atoms with Crippen molar-refractivity contribution < 1.29 is 23.8 Å². The second-order valence-corrected chi connectivity index (χ2v) is 8.19. The lowest BCUT2D eigenvalue weighted by Gasteiger charge is -2.12. The highest BCUT2D eigenvalue weighted by atomic mass is 79.9. The van der Waals surface area contributed by atoms with Gasteiger partial charge in [-0.15, -0.1) is 0 Å². The third-order valence-electron chi connectivity index (χ3n) is 4.49. The lowest BCUT2D eigenvalue weighted by molar-refractivity contribution is -0.122. The molecule has 0 saturated carbocycles. The number of ether oxygens (including phenoxy) is 3. The van der Waals surface area contributed by atoms with Gasteiger partial charge in [-0.2, -0.15) is 0 Å². The van der Waals surface area contributed by atoms with Crippen LogP contribution >= 0.6 is 27.7 Å². The van der Waals surface area contributed by atoms with E-state index in [9.17, 15) is 9.59 Å². The predicted molar refractivity (Wildman–Crippen MR) is 125 cm³/mol. The molecule has 0 N–H and O–H groups in total. The number of thioether (sulfide) groups is 1. The van der Waals surface area contributed by atoms with Crippen LogP contribution in [0.4, 0.5) is 5.69 Å². The first kappa shape index (κ1) is 22.9. The summed E-state index contributed by atoms with van der Waals surface area (Å²) in [5, 5.41) is 0.535. The number of hydrogen-bond donors (Lipinski definition) is 0. The number of amides is 1. The predicted octanol–water partition coefficient (Wildman–Crippen LogP) is 4.88. The zero-order chi connectivity index (χ0) is 22.5. The van der Waals surface area contributed by atoms with Crippen LogP contribution in [0.5, 0.6) is 11.5 Å². The number of rotatable bonds is 6. The summed E-state index contributed by atoms with van der Waals surface area (Å²) in [5.74, 6) is 0.624. The van der Waals surface area contributed by atoms with Crippen LogP contribution < -0.4 is 9.47 Å². The third-order valence-corrected chi connectivity index (χ3v) is 6.11. The molecule has 0 radical (unpaired) electrons. The van der Waals surface area contributed by atoms with Crippen LogP contribution in [-0.2, 0) is 9.53 Å². The molecule has 1 aliphatic heterocycles. The van der Waals surface area contributed by atoms with Crippen molar-refractivity contribution in [1.29, 1.82) is 0 Å². The largest absolute Gasteiger partial charge is 0.496 e. The summed E-state index contributed by atoms with van der Waals surface area (Å²) < 4.78 is 16.3. The molecular formula is C22H21BrN2O5S.